The molecule has 0 fully saturated rings. The summed E-state index contributed by atoms with van der Waals surface area (Å²) < 4.78 is 0. The second-order valence-electron chi connectivity index (χ2n) is 5.32. The normalized spacial score (nSPS) is 12.8. The van der Waals surface area contributed by atoms with Gasteiger partial charge in [0.2, 0.25) is 5.91 Å². The number of hydrogen-bond donors (Lipinski definition) is 2. The Bertz CT molecular complexity index is 410. The van der Waals surface area contributed by atoms with Crippen LogP contribution in [0.1, 0.15) is 32.3 Å². The molecule has 0 aromatic heterocycles. The first-order valence-corrected chi connectivity index (χ1v) is 6.52. The van der Waals surface area contributed by atoms with Crippen LogP contribution in [0, 0.1) is 0 Å². The lowest BCUT2D eigenvalue weighted by Crippen LogP contribution is -2.52. The molecule has 0 radical (unpaired) electrons. The van der Waals surface area contributed by atoms with Gasteiger partial charge in [-0.25, -0.2) is 0 Å². The second kappa shape index (κ2) is 7.04. The number of benzene rings is 1. The Kier molecular flexibility index (Phi) is 5.70. The molecule has 0 aliphatic heterocycles. The van der Waals surface area contributed by atoms with Crippen LogP contribution < -0.4 is 11.1 Å². The second-order valence-corrected chi connectivity index (χ2v) is 5.32. The van der Waals surface area contributed by atoms with Gasteiger partial charge >= 0.3 is 0 Å². The van der Waals surface area contributed by atoms with E-state index in [9.17, 15) is 9.59 Å². The molecule has 0 saturated heterocycles. The number of carbonyl (C=O) groups excluding carboxylic acids is 2. The lowest BCUT2D eigenvalue weighted by molar-refractivity contribution is -0.127. The van der Waals surface area contributed by atoms with E-state index in [0.717, 1.165) is 19.1 Å². The predicted molar refractivity (Wildman–Crippen MR) is 75.6 cm³/mol. The van der Waals surface area contributed by atoms with E-state index in [2.05, 4.69) is 17.4 Å². The van der Waals surface area contributed by atoms with Crippen molar-refractivity contribution < 1.29 is 9.59 Å². The van der Waals surface area contributed by atoms with E-state index in [1.807, 2.05) is 18.2 Å². The molecule has 4 nitrogen and oxygen atoms in total. The number of nitrogens with one attached hydrogen (secondary N) is 1. The first-order valence-electron chi connectivity index (χ1n) is 6.52. The lowest BCUT2D eigenvalue weighted by atomic mass is 10.0. The zero-order valence-corrected chi connectivity index (χ0v) is 11.6. The maximum absolute atomic E-state index is 11.7. The van der Waals surface area contributed by atoms with Gasteiger partial charge in [-0.05, 0) is 38.7 Å². The quantitative estimate of drug-likeness (QED) is 0.730. The Morgan fingerprint density at radius 3 is 2.53 bits per heavy atom. The fourth-order valence-corrected chi connectivity index (χ4v) is 1.70. The third kappa shape index (κ3) is 5.66. The van der Waals surface area contributed by atoms with Gasteiger partial charge in [0.15, 0.2) is 0 Å². The maximum Gasteiger partial charge on any atom is 0.240 e. The van der Waals surface area contributed by atoms with Gasteiger partial charge < -0.3 is 15.8 Å². The highest BCUT2D eigenvalue weighted by molar-refractivity contribution is 5.87. The largest absolute Gasteiger partial charge is 0.345 e. The molecule has 0 unspecified atom stereocenters. The molecule has 1 aromatic carbocycles. The van der Waals surface area contributed by atoms with Crippen LogP contribution >= 0.6 is 0 Å². The Balaban J connectivity index is 2.37. The van der Waals surface area contributed by atoms with Crippen molar-refractivity contribution in [1.29, 1.82) is 0 Å². The molecule has 0 aliphatic carbocycles. The summed E-state index contributed by atoms with van der Waals surface area (Å²) in [6, 6.07) is 9.60. The number of hydrogen-bond acceptors (Lipinski definition) is 3. The van der Waals surface area contributed by atoms with Crippen LogP contribution in [0.5, 0.6) is 0 Å². The van der Waals surface area contributed by atoms with E-state index in [1.165, 1.54) is 5.56 Å². The Morgan fingerprint density at radius 1 is 1.37 bits per heavy atom. The molecule has 19 heavy (non-hydrogen) atoms. The Hall–Kier alpha value is -1.68. The van der Waals surface area contributed by atoms with Gasteiger partial charge in [-0.2, -0.15) is 0 Å². The SMILES string of the molecule is CC(C)(N)C(=O)N[C@@H](C=O)CCCc1ccccc1. The van der Waals surface area contributed by atoms with Crippen LogP contribution in [0.15, 0.2) is 30.3 Å². The third-order valence-corrected chi connectivity index (χ3v) is 2.89. The number of aldehydes is 1. The number of amides is 1. The molecule has 1 aromatic rings. The molecule has 4 heteroatoms. The molecular formula is C15H22N2O2. The monoisotopic (exact) mass is 262 g/mol. The summed E-state index contributed by atoms with van der Waals surface area (Å²) in [6.07, 6.45) is 3.14. The molecule has 0 heterocycles. The van der Waals surface area contributed by atoms with Crippen LogP contribution in [-0.2, 0) is 16.0 Å². The molecule has 104 valence electrons. The first-order chi connectivity index (χ1) is 8.93. The van der Waals surface area contributed by atoms with Crippen molar-refractivity contribution in [3.8, 4) is 0 Å². The molecule has 1 atom stereocenters. The minimum Gasteiger partial charge on any atom is -0.345 e. The average molecular weight is 262 g/mol. The van der Waals surface area contributed by atoms with E-state index in [-0.39, 0.29) is 5.91 Å². The van der Waals surface area contributed by atoms with Crippen LogP contribution in [-0.4, -0.2) is 23.8 Å². The van der Waals surface area contributed by atoms with E-state index in [1.54, 1.807) is 13.8 Å². The van der Waals surface area contributed by atoms with Crippen molar-refractivity contribution in [2.24, 2.45) is 5.73 Å². The van der Waals surface area contributed by atoms with Gasteiger partial charge in [-0.3, -0.25) is 4.79 Å². The first kappa shape index (κ1) is 15.4. The summed E-state index contributed by atoms with van der Waals surface area (Å²) in [7, 11) is 0. The Labute approximate surface area is 114 Å². The van der Waals surface area contributed by atoms with E-state index in [0.29, 0.717) is 6.42 Å². The lowest BCUT2D eigenvalue weighted by Gasteiger charge is -2.21. The molecule has 1 amide bonds. The summed E-state index contributed by atoms with van der Waals surface area (Å²) in [5, 5.41) is 2.66. The van der Waals surface area contributed by atoms with Crippen LogP contribution in [0.2, 0.25) is 0 Å². The summed E-state index contributed by atoms with van der Waals surface area (Å²) in [5.74, 6) is -0.302. The van der Waals surface area contributed by atoms with Gasteiger partial charge in [0, 0.05) is 0 Å². The third-order valence-electron chi connectivity index (χ3n) is 2.89. The fourth-order valence-electron chi connectivity index (χ4n) is 1.70. The van der Waals surface area contributed by atoms with Crippen molar-refractivity contribution in [3.63, 3.8) is 0 Å². The van der Waals surface area contributed by atoms with Crippen molar-refractivity contribution in [2.75, 3.05) is 0 Å². The summed E-state index contributed by atoms with van der Waals surface area (Å²) in [5.41, 5.74) is 5.95. The highest BCUT2D eigenvalue weighted by atomic mass is 16.2. The predicted octanol–water partition coefficient (Wildman–Crippen LogP) is 1.43. The molecule has 3 N–H and O–H groups in total. The maximum atomic E-state index is 11.7. The summed E-state index contributed by atoms with van der Waals surface area (Å²) in [6.45, 7) is 3.24. The van der Waals surface area contributed by atoms with E-state index >= 15 is 0 Å². The molecule has 0 aliphatic rings. The average Bonchev–Trinajstić information content (AvgIpc) is 2.37. The van der Waals surface area contributed by atoms with Crippen molar-refractivity contribution in [2.45, 2.75) is 44.7 Å². The molecule has 1 rings (SSSR count). The molecular weight excluding hydrogens is 240 g/mol. The fraction of sp³-hybridized carbons (Fsp3) is 0.467. The number of aryl methyl sites for hydroxylation is 1. The highest BCUT2D eigenvalue weighted by Gasteiger charge is 2.24. The number of rotatable bonds is 7. The van der Waals surface area contributed by atoms with Gasteiger partial charge in [-0.1, -0.05) is 30.3 Å². The zero-order chi connectivity index (χ0) is 14.3. The smallest absolute Gasteiger partial charge is 0.240 e. The topological polar surface area (TPSA) is 72.2 Å². The zero-order valence-electron chi connectivity index (χ0n) is 11.6. The molecule has 0 bridgehead atoms. The van der Waals surface area contributed by atoms with Crippen LogP contribution in [0.25, 0.3) is 0 Å². The van der Waals surface area contributed by atoms with Gasteiger partial charge in [0.05, 0.1) is 11.6 Å². The van der Waals surface area contributed by atoms with Crippen molar-refractivity contribution >= 4 is 12.2 Å². The van der Waals surface area contributed by atoms with E-state index < -0.39 is 11.6 Å². The standard InChI is InChI=1S/C15H22N2O2/c1-15(2,16)14(19)17-13(11-18)10-6-9-12-7-4-3-5-8-12/h3-5,7-8,11,13H,6,9-10,16H2,1-2H3,(H,17,19)/t13-/m1/s1. The molecule has 0 spiro atoms. The van der Waals surface area contributed by atoms with E-state index in [4.69, 9.17) is 5.73 Å². The number of carbonyl (C=O) groups is 2. The summed E-state index contributed by atoms with van der Waals surface area (Å²) in [4.78, 5) is 22.6. The molecule has 0 saturated carbocycles. The van der Waals surface area contributed by atoms with Crippen molar-refractivity contribution in [1.82, 2.24) is 5.32 Å². The van der Waals surface area contributed by atoms with Gasteiger partial charge in [0.1, 0.15) is 6.29 Å². The highest BCUT2D eigenvalue weighted by Crippen LogP contribution is 2.06. The van der Waals surface area contributed by atoms with Gasteiger partial charge in [-0.15, -0.1) is 0 Å². The van der Waals surface area contributed by atoms with Gasteiger partial charge in [0.25, 0.3) is 0 Å². The summed E-state index contributed by atoms with van der Waals surface area (Å²) >= 11 is 0. The van der Waals surface area contributed by atoms with Crippen molar-refractivity contribution in [3.05, 3.63) is 35.9 Å². The van der Waals surface area contributed by atoms with Crippen LogP contribution in [0.4, 0.5) is 0 Å². The Morgan fingerprint density at radius 2 is 2.00 bits per heavy atom. The number of nitrogens with two attached hydrogens (primary N) is 1. The minimum absolute atomic E-state index is 0.302. The van der Waals surface area contributed by atoms with Crippen LogP contribution in [0.3, 0.4) is 0 Å². The minimum atomic E-state index is -0.958.